The highest BCUT2D eigenvalue weighted by Crippen LogP contribution is 2.70. The number of fused-ring (bicyclic) bond motifs is 5. The summed E-state index contributed by atoms with van der Waals surface area (Å²) in [5.41, 5.74) is -5.53. The zero-order valence-corrected chi connectivity index (χ0v) is 25.1. The fraction of sp³-hybridized carbons (Fsp3) is 0.600. The number of hydrogen-bond acceptors (Lipinski definition) is 9. The average Bonchev–Trinajstić information content (AvgIpc) is 3.14. The molecule has 0 aliphatic heterocycles. The molecule has 0 aromatic carbocycles. The smallest absolute Gasteiger partial charge is 0.407 e. The normalized spacial score (nSPS) is 39.3. The van der Waals surface area contributed by atoms with Crippen LogP contribution in [0.4, 0.5) is 9.18 Å². The zero-order valence-electron chi connectivity index (χ0n) is 23.5. The van der Waals surface area contributed by atoms with Gasteiger partial charge in [0.05, 0.1) is 6.10 Å². The van der Waals surface area contributed by atoms with Gasteiger partial charge in [-0.05, 0) is 79.5 Å². The molecule has 1 aromatic rings. The molecule has 1 heterocycles. The minimum atomic E-state index is -2.05. The predicted octanol–water partition coefficient (Wildman–Crippen LogP) is 4.47. The quantitative estimate of drug-likeness (QED) is 0.291. The maximum Gasteiger partial charge on any atom is 0.407 e. The molecular weight excluding hydrogens is 567 g/mol. The van der Waals surface area contributed by atoms with Crippen LogP contribution in [0.15, 0.2) is 53.2 Å². The molecule has 41 heavy (non-hydrogen) atoms. The van der Waals surface area contributed by atoms with Crippen molar-refractivity contribution in [1.82, 2.24) is 10.3 Å². The summed E-state index contributed by atoms with van der Waals surface area (Å²) in [5, 5.41) is 26.9. The summed E-state index contributed by atoms with van der Waals surface area (Å²) < 4.78 is 22.5. The van der Waals surface area contributed by atoms with Crippen LogP contribution in [-0.2, 0) is 14.3 Å². The molecule has 1 aromatic heterocycles. The second-order valence-electron chi connectivity index (χ2n) is 12.2. The van der Waals surface area contributed by atoms with Crippen LogP contribution in [0.1, 0.15) is 46.5 Å². The number of amides is 1. The molecule has 8 atom stereocenters. The number of allylic oxidation sites excluding steroid dienone is 4. The Bertz CT molecular complexity index is 1280. The van der Waals surface area contributed by atoms with E-state index >= 15 is 4.39 Å². The molecule has 4 aliphatic carbocycles. The molecule has 0 unspecified atom stereocenters. The van der Waals surface area contributed by atoms with Crippen molar-refractivity contribution < 1.29 is 33.7 Å². The van der Waals surface area contributed by atoms with Crippen molar-refractivity contribution in [2.45, 2.75) is 68.9 Å². The number of hydrogen-bond donors (Lipinski definition) is 3. The molecule has 8 nitrogen and oxygen atoms in total. The summed E-state index contributed by atoms with van der Waals surface area (Å²) in [4.78, 5) is 42.1. The molecule has 0 spiro atoms. The van der Waals surface area contributed by atoms with Crippen molar-refractivity contribution in [3.8, 4) is 0 Å². The van der Waals surface area contributed by atoms with Gasteiger partial charge in [0.25, 0.3) is 0 Å². The maximum atomic E-state index is 17.3. The lowest BCUT2D eigenvalue weighted by molar-refractivity contribution is -0.219. The lowest BCUT2D eigenvalue weighted by Gasteiger charge is -2.62. The molecule has 5 rings (SSSR count). The number of aliphatic hydroxyl groups excluding tert-OH is 1. The number of carbonyl (C=O) groups excluding carboxylic acids is 3. The van der Waals surface area contributed by atoms with E-state index in [-0.39, 0.29) is 18.1 Å². The van der Waals surface area contributed by atoms with Gasteiger partial charge in [0.2, 0.25) is 5.78 Å². The molecule has 4 aliphatic rings. The third-order valence-corrected chi connectivity index (χ3v) is 12.5. The monoisotopic (exact) mass is 604 g/mol. The molecule has 3 N–H and O–H groups in total. The van der Waals surface area contributed by atoms with Gasteiger partial charge in [0.1, 0.15) is 10.6 Å². The van der Waals surface area contributed by atoms with E-state index in [0.717, 1.165) is 5.03 Å². The first-order chi connectivity index (χ1) is 19.4. The molecule has 1 amide bonds. The van der Waals surface area contributed by atoms with Crippen molar-refractivity contribution in [3.63, 3.8) is 0 Å². The molecule has 11 heteroatoms. The number of ether oxygens (including phenoxy) is 1. The fourth-order valence-electron chi connectivity index (χ4n) is 8.13. The van der Waals surface area contributed by atoms with Gasteiger partial charge in [-0.15, -0.1) is 0 Å². The van der Waals surface area contributed by atoms with E-state index < -0.39 is 58.5 Å². The SMILES string of the molecule is C[C@@H]1C[C@H]2[C@@H]3CCC4=CC(=O)C=C[C@]4(C)[C@@]3(F)[C@@H](O)C[C@]2(C)[C@@]1(O)C(=O)COC(=O)NCCSSc1ccccn1. The number of alkyl carbamates (subject to hydrolysis) is 1. The lowest BCUT2D eigenvalue weighted by atomic mass is 9.44. The second kappa shape index (κ2) is 11.1. The topological polar surface area (TPSA) is 126 Å². The van der Waals surface area contributed by atoms with Crippen molar-refractivity contribution in [2.75, 3.05) is 18.9 Å². The Morgan fingerprint density at radius 1 is 1.27 bits per heavy atom. The first-order valence-electron chi connectivity index (χ1n) is 14.1. The van der Waals surface area contributed by atoms with Crippen molar-refractivity contribution in [2.24, 2.45) is 28.6 Å². The minimum absolute atomic E-state index is 0.126. The van der Waals surface area contributed by atoms with Crippen molar-refractivity contribution in [3.05, 3.63) is 48.2 Å². The van der Waals surface area contributed by atoms with Crippen LogP contribution >= 0.6 is 21.6 Å². The van der Waals surface area contributed by atoms with Crippen molar-refractivity contribution in [1.29, 1.82) is 0 Å². The van der Waals surface area contributed by atoms with Crippen LogP contribution in [0.5, 0.6) is 0 Å². The molecule has 3 saturated carbocycles. The summed E-state index contributed by atoms with van der Waals surface area (Å²) in [7, 11) is 3.01. The third-order valence-electron chi connectivity index (χ3n) is 10.2. The Labute approximate surface area is 247 Å². The van der Waals surface area contributed by atoms with Crippen LogP contribution in [0.25, 0.3) is 0 Å². The van der Waals surface area contributed by atoms with Gasteiger partial charge in [-0.25, -0.2) is 14.2 Å². The fourth-order valence-corrected chi connectivity index (χ4v) is 9.91. The lowest BCUT2D eigenvalue weighted by Crippen LogP contribution is -2.69. The average molecular weight is 605 g/mol. The number of pyridine rings is 1. The Morgan fingerprint density at radius 2 is 2.05 bits per heavy atom. The molecule has 0 bridgehead atoms. The summed E-state index contributed by atoms with van der Waals surface area (Å²) in [6.07, 6.45) is 5.10. The summed E-state index contributed by atoms with van der Waals surface area (Å²) in [6.45, 7) is 4.95. The van der Waals surface area contributed by atoms with E-state index in [2.05, 4.69) is 10.3 Å². The highest BCUT2D eigenvalue weighted by atomic mass is 33.1. The Morgan fingerprint density at radius 3 is 2.78 bits per heavy atom. The number of aromatic nitrogens is 1. The minimum Gasteiger partial charge on any atom is -0.441 e. The van der Waals surface area contributed by atoms with Gasteiger partial charge in [0, 0.05) is 35.2 Å². The first-order valence-corrected chi connectivity index (χ1v) is 16.4. The molecule has 3 fully saturated rings. The zero-order chi connectivity index (χ0) is 29.6. The van der Waals surface area contributed by atoms with Crippen molar-refractivity contribution >= 4 is 39.2 Å². The second-order valence-corrected chi connectivity index (χ2v) is 14.6. The summed E-state index contributed by atoms with van der Waals surface area (Å²) >= 11 is 0. The molecule has 0 saturated heterocycles. The van der Waals surface area contributed by atoms with Crippen LogP contribution in [-0.4, -0.2) is 69.1 Å². The van der Waals surface area contributed by atoms with Gasteiger partial charge >= 0.3 is 6.09 Å². The Hall–Kier alpha value is -2.21. The van der Waals surface area contributed by atoms with Gasteiger partial charge in [-0.2, -0.15) is 0 Å². The Kier molecular flexibility index (Phi) is 8.21. The highest BCUT2D eigenvalue weighted by Gasteiger charge is 2.75. The van der Waals surface area contributed by atoms with E-state index in [0.29, 0.717) is 37.1 Å². The number of rotatable bonds is 8. The number of ketones is 2. The summed E-state index contributed by atoms with van der Waals surface area (Å²) in [5.74, 6) is -1.77. The largest absolute Gasteiger partial charge is 0.441 e. The van der Waals surface area contributed by atoms with Crippen LogP contribution in [0, 0.1) is 28.6 Å². The van der Waals surface area contributed by atoms with E-state index in [4.69, 9.17) is 4.74 Å². The number of halogens is 1. The number of Topliss-reactive ketones (excluding diaryl/α,β-unsaturated/α-hetero) is 1. The first kappa shape index (κ1) is 30.3. The number of alkyl halides is 1. The molecule has 0 radical (unpaired) electrons. The number of aliphatic hydroxyl groups is 2. The van der Waals surface area contributed by atoms with Crippen LogP contribution in [0.3, 0.4) is 0 Å². The predicted molar refractivity (Wildman–Crippen MR) is 155 cm³/mol. The standard InChI is InChI=1S/C30H37FN2O6S2/c1-18-14-22-21-8-7-19-15-20(34)9-10-27(19,2)29(21,31)23(35)16-28(22,3)30(18,38)24(36)17-39-26(37)33-12-13-40-41-25-6-4-5-11-32-25/h4-6,9-11,15,18,21-23,35,38H,7-8,12-14,16-17H2,1-3H3,(H,33,37)/t18-,21+,22+,23+,27+,28+,29+,30+/m1/s1. The maximum absolute atomic E-state index is 17.3. The van der Waals surface area contributed by atoms with E-state index in [1.54, 1.807) is 33.0 Å². The highest BCUT2D eigenvalue weighted by molar-refractivity contribution is 8.76. The van der Waals surface area contributed by atoms with Gasteiger partial charge in [-0.1, -0.05) is 42.4 Å². The third kappa shape index (κ3) is 4.77. The molecular formula is C30H37FN2O6S2. The van der Waals surface area contributed by atoms with Gasteiger partial charge < -0.3 is 20.3 Å². The molecule has 222 valence electrons. The summed E-state index contributed by atoms with van der Waals surface area (Å²) in [6, 6.07) is 5.62. The van der Waals surface area contributed by atoms with Gasteiger partial charge in [-0.3, -0.25) is 9.59 Å². The van der Waals surface area contributed by atoms with Crippen LogP contribution < -0.4 is 5.32 Å². The van der Waals surface area contributed by atoms with Crippen LogP contribution in [0.2, 0.25) is 0 Å². The van der Waals surface area contributed by atoms with E-state index in [9.17, 15) is 24.6 Å². The number of nitrogens with one attached hydrogen (secondary N) is 1. The number of carbonyl (C=O) groups is 3. The van der Waals surface area contributed by atoms with E-state index in [1.165, 1.54) is 33.7 Å². The van der Waals surface area contributed by atoms with Gasteiger partial charge in [0.15, 0.2) is 18.1 Å². The number of nitrogens with zero attached hydrogens (tertiary/aromatic N) is 1. The Balaban J connectivity index is 1.23. The van der Waals surface area contributed by atoms with E-state index in [1.807, 2.05) is 18.2 Å².